The Hall–Kier alpha value is -1.68. The summed E-state index contributed by atoms with van der Waals surface area (Å²) in [6.07, 6.45) is 14.6. The summed E-state index contributed by atoms with van der Waals surface area (Å²) < 4.78 is 6.00. The molecule has 0 radical (unpaired) electrons. The molecule has 4 heteroatoms. The van der Waals surface area contributed by atoms with Crippen molar-refractivity contribution in [3.63, 3.8) is 0 Å². The lowest BCUT2D eigenvalue weighted by Gasteiger charge is -2.23. The fourth-order valence-electron chi connectivity index (χ4n) is 3.54. The quantitative estimate of drug-likeness (QED) is 0.725. The molecule has 1 aromatic heterocycles. The van der Waals surface area contributed by atoms with Crippen LogP contribution in [-0.4, -0.2) is 40.6 Å². The smallest absolute Gasteiger partial charge is 0.316 e. The summed E-state index contributed by atoms with van der Waals surface area (Å²) in [5.74, 6) is 1.66. The zero-order valence-electron chi connectivity index (χ0n) is 13.1. The first kappa shape index (κ1) is 15.2. The lowest BCUT2D eigenvalue weighted by Crippen LogP contribution is -2.35. The average molecular weight is 299 g/mol. The maximum Gasteiger partial charge on any atom is 0.316 e. The molecule has 3 rings (SSSR count). The van der Waals surface area contributed by atoms with Crippen molar-refractivity contribution >= 4 is 0 Å². The van der Waals surface area contributed by atoms with Crippen LogP contribution in [0.15, 0.2) is 43.3 Å². The van der Waals surface area contributed by atoms with Crippen LogP contribution < -0.4 is 4.74 Å². The average Bonchev–Trinajstić information content (AvgIpc) is 2.96. The number of hydrogen-bond donors (Lipinski definition) is 0. The van der Waals surface area contributed by atoms with Gasteiger partial charge in [-0.2, -0.15) is 0 Å². The summed E-state index contributed by atoms with van der Waals surface area (Å²) >= 11 is 0. The molecular formula is C18H25N3O. The van der Waals surface area contributed by atoms with E-state index in [9.17, 15) is 0 Å². The van der Waals surface area contributed by atoms with Gasteiger partial charge < -0.3 is 4.74 Å². The van der Waals surface area contributed by atoms with E-state index in [0.717, 1.165) is 31.2 Å². The van der Waals surface area contributed by atoms with Crippen LogP contribution in [0, 0.1) is 11.8 Å². The van der Waals surface area contributed by atoms with E-state index in [1.54, 1.807) is 12.4 Å². The predicted molar refractivity (Wildman–Crippen MR) is 87.7 cm³/mol. The molecule has 0 N–H and O–H groups in total. The molecule has 0 unspecified atom stereocenters. The zero-order valence-corrected chi connectivity index (χ0v) is 13.1. The highest BCUT2D eigenvalue weighted by molar-refractivity contribution is 5.00. The number of nitrogens with zero attached hydrogens (tertiary/aromatic N) is 3. The summed E-state index contributed by atoms with van der Waals surface area (Å²) in [7, 11) is 0. The van der Waals surface area contributed by atoms with Crippen LogP contribution in [0.4, 0.5) is 0 Å². The summed E-state index contributed by atoms with van der Waals surface area (Å²) in [4.78, 5) is 10.9. The molecule has 118 valence electrons. The lowest BCUT2D eigenvalue weighted by atomic mass is 9.86. The standard InChI is InChI=1S/C18H25N3O/c1-2-3-9-17(22-18-19-10-6-11-20-18)14-21-12-15-7-4-5-8-16(15)13-21/h2,4-6,10-11,15-17H,1,3,7-9,12-14H2/t15-,16+,17-/m0/s1. The Morgan fingerprint density at radius 1 is 1.23 bits per heavy atom. The van der Waals surface area contributed by atoms with Crippen LogP contribution in [0.3, 0.4) is 0 Å². The second-order valence-electron chi connectivity index (χ2n) is 6.32. The summed E-state index contributed by atoms with van der Waals surface area (Å²) in [5.41, 5.74) is 0. The minimum absolute atomic E-state index is 0.133. The Balaban J connectivity index is 1.57. The van der Waals surface area contributed by atoms with Crippen LogP contribution in [0.5, 0.6) is 6.01 Å². The molecule has 0 bridgehead atoms. The van der Waals surface area contributed by atoms with Gasteiger partial charge in [0, 0.05) is 32.0 Å². The molecule has 0 aromatic carbocycles. The maximum absolute atomic E-state index is 6.00. The van der Waals surface area contributed by atoms with Crippen molar-refractivity contribution in [2.75, 3.05) is 19.6 Å². The van der Waals surface area contributed by atoms with Crippen LogP contribution >= 0.6 is 0 Å². The monoisotopic (exact) mass is 299 g/mol. The van der Waals surface area contributed by atoms with E-state index in [1.165, 1.54) is 25.9 Å². The number of allylic oxidation sites excluding steroid dienone is 3. The third-order valence-electron chi connectivity index (χ3n) is 4.67. The van der Waals surface area contributed by atoms with E-state index in [2.05, 4.69) is 33.6 Å². The van der Waals surface area contributed by atoms with Crippen LogP contribution in [0.2, 0.25) is 0 Å². The van der Waals surface area contributed by atoms with Crippen molar-refractivity contribution in [1.82, 2.24) is 14.9 Å². The van der Waals surface area contributed by atoms with Gasteiger partial charge in [0.1, 0.15) is 6.10 Å². The van der Waals surface area contributed by atoms with Crippen LogP contribution in [-0.2, 0) is 0 Å². The first-order valence-electron chi connectivity index (χ1n) is 8.27. The van der Waals surface area contributed by atoms with Gasteiger partial charge in [0.15, 0.2) is 0 Å². The van der Waals surface area contributed by atoms with Gasteiger partial charge in [-0.3, -0.25) is 4.90 Å². The van der Waals surface area contributed by atoms with E-state index < -0.39 is 0 Å². The minimum Gasteiger partial charge on any atom is -0.459 e. The maximum atomic E-state index is 6.00. The highest BCUT2D eigenvalue weighted by Gasteiger charge is 2.33. The van der Waals surface area contributed by atoms with Crippen molar-refractivity contribution in [2.45, 2.75) is 31.8 Å². The molecule has 3 atom stereocenters. The highest BCUT2D eigenvalue weighted by Crippen LogP contribution is 2.33. The Bertz CT molecular complexity index is 486. The molecule has 4 nitrogen and oxygen atoms in total. The first-order valence-corrected chi connectivity index (χ1v) is 8.27. The molecule has 1 saturated heterocycles. The van der Waals surface area contributed by atoms with E-state index >= 15 is 0 Å². The Morgan fingerprint density at radius 2 is 1.91 bits per heavy atom. The predicted octanol–water partition coefficient (Wildman–Crippen LogP) is 3.09. The molecule has 1 aliphatic carbocycles. The number of ether oxygens (including phenoxy) is 1. The molecule has 22 heavy (non-hydrogen) atoms. The third kappa shape index (κ3) is 3.95. The van der Waals surface area contributed by atoms with Gasteiger partial charge in [-0.15, -0.1) is 6.58 Å². The topological polar surface area (TPSA) is 38.2 Å². The molecular weight excluding hydrogens is 274 g/mol. The van der Waals surface area contributed by atoms with Gasteiger partial charge in [-0.25, -0.2) is 9.97 Å². The van der Waals surface area contributed by atoms with Gasteiger partial charge in [0.2, 0.25) is 0 Å². The fraction of sp³-hybridized carbons (Fsp3) is 0.556. The molecule has 1 fully saturated rings. The second kappa shape index (κ2) is 7.54. The minimum atomic E-state index is 0.133. The lowest BCUT2D eigenvalue weighted by molar-refractivity contribution is 0.126. The van der Waals surface area contributed by atoms with Crippen molar-refractivity contribution < 1.29 is 4.74 Å². The van der Waals surface area contributed by atoms with E-state index in [4.69, 9.17) is 4.74 Å². The molecule has 1 aliphatic heterocycles. The second-order valence-corrected chi connectivity index (χ2v) is 6.32. The SMILES string of the molecule is C=CCC[C@@H](CN1C[C@H]2CC=CC[C@H]2C1)Oc1ncccn1. The van der Waals surface area contributed by atoms with Crippen LogP contribution in [0.25, 0.3) is 0 Å². The zero-order chi connectivity index (χ0) is 15.2. The van der Waals surface area contributed by atoms with E-state index in [-0.39, 0.29) is 6.10 Å². The van der Waals surface area contributed by atoms with Gasteiger partial charge in [0.25, 0.3) is 0 Å². The molecule has 0 amide bonds. The van der Waals surface area contributed by atoms with E-state index in [0.29, 0.717) is 6.01 Å². The van der Waals surface area contributed by atoms with Gasteiger partial charge in [0.05, 0.1) is 0 Å². The Kier molecular flexibility index (Phi) is 5.22. The highest BCUT2D eigenvalue weighted by atomic mass is 16.5. The number of likely N-dealkylation sites (tertiary alicyclic amines) is 1. The Morgan fingerprint density at radius 3 is 2.55 bits per heavy atom. The summed E-state index contributed by atoms with van der Waals surface area (Å²) in [6, 6.07) is 2.29. The summed E-state index contributed by atoms with van der Waals surface area (Å²) in [5, 5.41) is 0. The van der Waals surface area contributed by atoms with Crippen molar-refractivity contribution in [3.05, 3.63) is 43.3 Å². The molecule has 2 aliphatic rings. The molecule has 2 heterocycles. The van der Waals surface area contributed by atoms with Crippen molar-refractivity contribution in [3.8, 4) is 6.01 Å². The molecule has 0 spiro atoms. The number of rotatable bonds is 7. The van der Waals surface area contributed by atoms with Crippen molar-refractivity contribution in [2.24, 2.45) is 11.8 Å². The van der Waals surface area contributed by atoms with Gasteiger partial charge in [-0.1, -0.05) is 18.2 Å². The number of aromatic nitrogens is 2. The Labute approximate surface area is 132 Å². The fourth-order valence-corrected chi connectivity index (χ4v) is 3.54. The number of fused-ring (bicyclic) bond motifs is 1. The first-order chi connectivity index (χ1) is 10.8. The van der Waals surface area contributed by atoms with Crippen LogP contribution in [0.1, 0.15) is 25.7 Å². The largest absolute Gasteiger partial charge is 0.459 e. The van der Waals surface area contributed by atoms with Gasteiger partial charge >= 0.3 is 6.01 Å². The number of hydrogen-bond acceptors (Lipinski definition) is 4. The van der Waals surface area contributed by atoms with Gasteiger partial charge in [-0.05, 0) is 43.6 Å². The van der Waals surface area contributed by atoms with Crippen molar-refractivity contribution in [1.29, 1.82) is 0 Å². The van der Waals surface area contributed by atoms with E-state index in [1.807, 2.05) is 12.1 Å². The molecule has 0 saturated carbocycles. The molecule has 1 aromatic rings. The normalized spacial score (nSPS) is 25.6. The summed E-state index contributed by atoms with van der Waals surface area (Å²) in [6.45, 7) is 7.17. The third-order valence-corrected chi connectivity index (χ3v) is 4.67.